The third kappa shape index (κ3) is 2.52. The quantitative estimate of drug-likeness (QED) is 0.920. The molecule has 0 saturated heterocycles. The number of nitrogens with zero attached hydrogens (tertiary/aromatic N) is 1. The van der Waals surface area contributed by atoms with E-state index in [1.165, 1.54) is 0 Å². The fourth-order valence-corrected chi connectivity index (χ4v) is 2.06. The molecule has 0 aliphatic carbocycles. The van der Waals surface area contributed by atoms with Crippen molar-refractivity contribution in [2.45, 2.75) is 0 Å². The van der Waals surface area contributed by atoms with Gasteiger partial charge >= 0.3 is 0 Å². The van der Waals surface area contributed by atoms with Crippen molar-refractivity contribution >= 4 is 29.0 Å². The highest BCUT2D eigenvalue weighted by atomic mass is 35.5. The first-order chi connectivity index (χ1) is 8.65. The molecule has 5 heteroatoms. The number of hydrogen-bond donors (Lipinski definition) is 1. The average Bonchev–Trinajstić information content (AvgIpc) is 2.38. The molecule has 0 bridgehead atoms. The lowest BCUT2D eigenvalue weighted by atomic mass is 10.1. The Kier molecular flexibility index (Phi) is 3.94. The van der Waals surface area contributed by atoms with E-state index in [1.54, 1.807) is 26.4 Å². The average molecular weight is 283 g/mol. The van der Waals surface area contributed by atoms with Crippen molar-refractivity contribution in [3.05, 3.63) is 40.5 Å². The highest BCUT2D eigenvalue weighted by Crippen LogP contribution is 2.36. The van der Waals surface area contributed by atoms with Gasteiger partial charge in [0, 0.05) is 29.4 Å². The van der Waals surface area contributed by atoms with E-state index in [0.29, 0.717) is 10.0 Å². The van der Waals surface area contributed by atoms with Crippen molar-refractivity contribution in [2.24, 2.45) is 0 Å². The van der Waals surface area contributed by atoms with Crippen LogP contribution >= 0.6 is 23.2 Å². The Morgan fingerprint density at radius 1 is 1.11 bits per heavy atom. The molecule has 1 aromatic carbocycles. The van der Waals surface area contributed by atoms with Crippen molar-refractivity contribution in [1.29, 1.82) is 0 Å². The second kappa shape index (κ2) is 5.46. The number of pyridine rings is 1. The van der Waals surface area contributed by atoms with Gasteiger partial charge in [0.15, 0.2) is 0 Å². The largest absolute Gasteiger partial charge is 0.496 e. The standard InChI is InChI=1S/C13H12Cl2N2O/c1-16-13-11(6-9(15)7-17-13)10-5-8(14)3-4-12(10)18-2/h3-7H,1-2H3,(H,16,17). The van der Waals surface area contributed by atoms with Crippen LogP contribution in [0, 0.1) is 0 Å². The number of anilines is 1. The summed E-state index contributed by atoms with van der Waals surface area (Å²) in [6.07, 6.45) is 1.59. The molecule has 0 unspecified atom stereocenters. The minimum absolute atomic E-state index is 0.561. The van der Waals surface area contributed by atoms with Crippen LogP contribution in [0.3, 0.4) is 0 Å². The summed E-state index contributed by atoms with van der Waals surface area (Å²) in [5.74, 6) is 1.44. The lowest BCUT2D eigenvalue weighted by molar-refractivity contribution is 0.416. The highest BCUT2D eigenvalue weighted by molar-refractivity contribution is 6.31. The number of aromatic nitrogens is 1. The molecular weight excluding hydrogens is 271 g/mol. The van der Waals surface area contributed by atoms with Crippen LogP contribution in [-0.2, 0) is 0 Å². The van der Waals surface area contributed by atoms with Crippen LogP contribution in [0.1, 0.15) is 0 Å². The van der Waals surface area contributed by atoms with Crippen molar-refractivity contribution in [3.8, 4) is 16.9 Å². The third-order valence-electron chi connectivity index (χ3n) is 2.54. The van der Waals surface area contributed by atoms with Crippen molar-refractivity contribution in [1.82, 2.24) is 4.98 Å². The fraction of sp³-hybridized carbons (Fsp3) is 0.154. The Balaban J connectivity index is 2.67. The second-order valence-electron chi connectivity index (χ2n) is 3.64. The molecule has 0 atom stereocenters. The number of halogens is 2. The predicted octanol–water partition coefficient (Wildman–Crippen LogP) is 4.11. The normalized spacial score (nSPS) is 10.2. The Morgan fingerprint density at radius 3 is 2.50 bits per heavy atom. The summed E-state index contributed by atoms with van der Waals surface area (Å²) in [5.41, 5.74) is 1.70. The first-order valence-electron chi connectivity index (χ1n) is 5.33. The number of ether oxygens (including phenoxy) is 1. The van der Waals surface area contributed by atoms with Gasteiger partial charge in [0.25, 0.3) is 0 Å². The van der Waals surface area contributed by atoms with Crippen LogP contribution in [0.15, 0.2) is 30.5 Å². The first-order valence-corrected chi connectivity index (χ1v) is 6.08. The van der Waals surface area contributed by atoms with E-state index in [4.69, 9.17) is 27.9 Å². The maximum atomic E-state index is 6.03. The molecule has 3 nitrogen and oxygen atoms in total. The molecule has 2 rings (SSSR count). The van der Waals surface area contributed by atoms with Crippen LogP contribution < -0.4 is 10.1 Å². The topological polar surface area (TPSA) is 34.2 Å². The number of methoxy groups -OCH3 is 1. The molecule has 1 aromatic heterocycles. The minimum atomic E-state index is 0.561. The van der Waals surface area contributed by atoms with E-state index in [9.17, 15) is 0 Å². The minimum Gasteiger partial charge on any atom is -0.496 e. The van der Waals surface area contributed by atoms with Gasteiger partial charge in [-0.3, -0.25) is 0 Å². The van der Waals surface area contributed by atoms with E-state index in [0.717, 1.165) is 22.7 Å². The summed E-state index contributed by atoms with van der Waals surface area (Å²) in [6, 6.07) is 7.25. The van der Waals surface area contributed by atoms with E-state index in [-0.39, 0.29) is 0 Å². The third-order valence-corrected chi connectivity index (χ3v) is 2.98. The molecule has 0 saturated carbocycles. The molecule has 0 aliphatic rings. The van der Waals surface area contributed by atoms with Gasteiger partial charge in [0.2, 0.25) is 0 Å². The van der Waals surface area contributed by atoms with Gasteiger partial charge in [-0.1, -0.05) is 23.2 Å². The van der Waals surface area contributed by atoms with Crippen molar-refractivity contribution in [3.63, 3.8) is 0 Å². The molecule has 94 valence electrons. The predicted molar refractivity (Wildman–Crippen MR) is 75.8 cm³/mol. The van der Waals surface area contributed by atoms with Gasteiger partial charge in [-0.05, 0) is 24.3 Å². The number of benzene rings is 1. The van der Waals surface area contributed by atoms with Crippen LogP contribution in [0.5, 0.6) is 5.75 Å². The van der Waals surface area contributed by atoms with Gasteiger partial charge in [-0.2, -0.15) is 0 Å². The smallest absolute Gasteiger partial charge is 0.133 e. The molecule has 1 heterocycles. The number of rotatable bonds is 3. The van der Waals surface area contributed by atoms with E-state index < -0.39 is 0 Å². The lowest BCUT2D eigenvalue weighted by Crippen LogP contribution is -1.97. The first kappa shape index (κ1) is 13.0. The lowest BCUT2D eigenvalue weighted by Gasteiger charge is -2.12. The molecule has 2 aromatic rings. The summed E-state index contributed by atoms with van der Waals surface area (Å²) >= 11 is 12.0. The number of nitrogens with one attached hydrogen (secondary N) is 1. The maximum absolute atomic E-state index is 6.03. The fourth-order valence-electron chi connectivity index (χ4n) is 1.73. The van der Waals surface area contributed by atoms with Gasteiger partial charge in [-0.15, -0.1) is 0 Å². The summed E-state index contributed by atoms with van der Waals surface area (Å²) in [4.78, 5) is 4.24. The molecule has 18 heavy (non-hydrogen) atoms. The van der Waals surface area contributed by atoms with E-state index in [2.05, 4.69) is 10.3 Å². The van der Waals surface area contributed by atoms with Crippen LogP contribution in [-0.4, -0.2) is 19.1 Å². The van der Waals surface area contributed by atoms with E-state index >= 15 is 0 Å². The molecule has 0 spiro atoms. The van der Waals surface area contributed by atoms with Gasteiger partial charge in [-0.25, -0.2) is 4.98 Å². The van der Waals surface area contributed by atoms with Crippen LogP contribution in [0.25, 0.3) is 11.1 Å². The zero-order valence-corrected chi connectivity index (χ0v) is 11.5. The SMILES string of the molecule is CNc1ncc(Cl)cc1-c1cc(Cl)ccc1OC. The van der Waals surface area contributed by atoms with Gasteiger partial charge in [0.1, 0.15) is 11.6 Å². The maximum Gasteiger partial charge on any atom is 0.133 e. The Labute approximate surface area is 116 Å². The number of hydrogen-bond acceptors (Lipinski definition) is 3. The second-order valence-corrected chi connectivity index (χ2v) is 4.52. The van der Waals surface area contributed by atoms with Crippen molar-refractivity contribution < 1.29 is 4.74 Å². The summed E-state index contributed by atoms with van der Waals surface area (Å²) in [7, 11) is 3.42. The molecule has 1 N–H and O–H groups in total. The zero-order chi connectivity index (χ0) is 13.1. The molecule has 0 radical (unpaired) electrons. The molecule has 0 aliphatic heterocycles. The Bertz CT molecular complexity index is 521. The molecule has 0 fully saturated rings. The van der Waals surface area contributed by atoms with Crippen LogP contribution in [0.2, 0.25) is 10.0 Å². The molecular formula is C13H12Cl2N2O. The molecule has 0 amide bonds. The zero-order valence-electron chi connectivity index (χ0n) is 10.00. The highest BCUT2D eigenvalue weighted by Gasteiger charge is 2.12. The Hall–Kier alpha value is -1.45. The summed E-state index contributed by atoms with van der Waals surface area (Å²) in [5, 5.41) is 4.22. The summed E-state index contributed by atoms with van der Waals surface area (Å²) in [6.45, 7) is 0. The van der Waals surface area contributed by atoms with Gasteiger partial charge in [0.05, 0.1) is 12.1 Å². The van der Waals surface area contributed by atoms with E-state index in [1.807, 2.05) is 18.2 Å². The monoisotopic (exact) mass is 282 g/mol. The Morgan fingerprint density at radius 2 is 1.83 bits per heavy atom. The van der Waals surface area contributed by atoms with Crippen molar-refractivity contribution in [2.75, 3.05) is 19.5 Å². The van der Waals surface area contributed by atoms with Crippen LogP contribution in [0.4, 0.5) is 5.82 Å². The summed E-state index contributed by atoms with van der Waals surface area (Å²) < 4.78 is 5.34. The van der Waals surface area contributed by atoms with Gasteiger partial charge < -0.3 is 10.1 Å².